The van der Waals surface area contributed by atoms with Gasteiger partial charge in [-0.2, -0.15) is 0 Å². The third kappa shape index (κ3) is 6.80. The topological polar surface area (TPSA) is 96.0 Å². The molecule has 1 N–H and O–H groups in total. The normalized spacial score (nSPS) is 14.4. The molecule has 0 radical (unpaired) electrons. The molecule has 0 heterocycles. The Morgan fingerprint density at radius 3 is 2.23 bits per heavy atom. The lowest BCUT2D eigenvalue weighted by Crippen LogP contribution is -2.52. The summed E-state index contributed by atoms with van der Waals surface area (Å²) in [5.41, 5.74) is 0.463. The average Bonchev–Trinajstić information content (AvgIpc) is 3.48. The molecule has 0 aliphatic heterocycles. The molecule has 4 rings (SSSR count). The van der Waals surface area contributed by atoms with E-state index >= 15 is 0 Å². The van der Waals surface area contributed by atoms with E-state index in [4.69, 9.17) is 4.74 Å². The largest absolute Gasteiger partial charge is 0.497 e. The monoisotopic (exact) mass is 567 g/mol. The molecule has 0 bridgehead atoms. The number of halogens is 1. The fourth-order valence-electron chi connectivity index (χ4n) is 4.78. The Morgan fingerprint density at radius 1 is 0.975 bits per heavy atom. The molecule has 0 unspecified atom stereocenters. The summed E-state index contributed by atoms with van der Waals surface area (Å²) in [6.07, 6.45) is 3.76. The standard InChI is InChI=1S/C30H34FN3O5S/c1-22(30(36)32-24-11-7-8-12-24)33(20-23-10-6-9-15-28(23)31)29(35)21-34(25-16-18-26(39-2)19-17-25)40(37,38)27-13-4-3-5-14-27/h3-6,9-10,13-19,22,24H,7-8,11-12,20-21H2,1-2H3,(H,32,36)/t22-/m0/s1. The maximum atomic E-state index is 14.7. The van der Waals surface area contributed by atoms with Crippen molar-refractivity contribution in [2.45, 2.75) is 56.1 Å². The second kappa shape index (κ2) is 13.0. The molecule has 1 aliphatic carbocycles. The van der Waals surface area contributed by atoms with Gasteiger partial charge in [-0.1, -0.05) is 49.2 Å². The number of nitrogens with zero attached hydrogens (tertiary/aromatic N) is 2. The van der Waals surface area contributed by atoms with Gasteiger partial charge >= 0.3 is 0 Å². The molecule has 2 amide bonds. The molecular formula is C30H34FN3O5S. The zero-order valence-electron chi connectivity index (χ0n) is 22.6. The first-order valence-electron chi connectivity index (χ1n) is 13.3. The van der Waals surface area contributed by atoms with Gasteiger partial charge in [0.1, 0.15) is 24.2 Å². The Kier molecular flexibility index (Phi) is 9.42. The highest BCUT2D eigenvalue weighted by atomic mass is 32.2. The number of nitrogens with one attached hydrogen (secondary N) is 1. The molecule has 0 spiro atoms. The molecule has 40 heavy (non-hydrogen) atoms. The van der Waals surface area contributed by atoms with Crippen LogP contribution in [0.4, 0.5) is 10.1 Å². The lowest BCUT2D eigenvalue weighted by molar-refractivity contribution is -0.139. The van der Waals surface area contributed by atoms with Crippen molar-refractivity contribution in [2.75, 3.05) is 18.0 Å². The Bertz CT molecular complexity index is 1410. The zero-order valence-corrected chi connectivity index (χ0v) is 23.4. The van der Waals surface area contributed by atoms with Crippen LogP contribution in [0, 0.1) is 5.82 Å². The average molecular weight is 568 g/mol. The molecule has 3 aromatic carbocycles. The molecule has 1 atom stereocenters. The predicted molar refractivity (Wildman–Crippen MR) is 151 cm³/mol. The Labute approximate surface area is 234 Å². The quantitative estimate of drug-likeness (QED) is 0.368. The highest BCUT2D eigenvalue weighted by Crippen LogP contribution is 2.27. The Hall–Kier alpha value is -3.92. The van der Waals surface area contributed by atoms with Crippen molar-refractivity contribution in [3.8, 4) is 5.75 Å². The SMILES string of the molecule is COc1ccc(N(CC(=O)N(Cc2ccccc2F)[C@@H](C)C(=O)NC2CCCC2)S(=O)(=O)c2ccccc2)cc1. The summed E-state index contributed by atoms with van der Waals surface area (Å²) >= 11 is 0. The van der Waals surface area contributed by atoms with Gasteiger partial charge in [0.25, 0.3) is 10.0 Å². The zero-order chi connectivity index (χ0) is 28.7. The molecule has 0 aromatic heterocycles. The van der Waals surface area contributed by atoms with Gasteiger partial charge in [0, 0.05) is 18.2 Å². The number of rotatable bonds is 11. The number of benzene rings is 3. The van der Waals surface area contributed by atoms with E-state index in [2.05, 4.69) is 5.32 Å². The van der Waals surface area contributed by atoms with Crippen molar-refractivity contribution >= 4 is 27.5 Å². The van der Waals surface area contributed by atoms with Gasteiger partial charge < -0.3 is 15.0 Å². The highest BCUT2D eigenvalue weighted by Gasteiger charge is 2.33. The van der Waals surface area contributed by atoms with Crippen LogP contribution >= 0.6 is 0 Å². The van der Waals surface area contributed by atoms with E-state index < -0.39 is 34.3 Å². The predicted octanol–water partition coefficient (Wildman–Crippen LogP) is 4.51. The van der Waals surface area contributed by atoms with Crippen LogP contribution in [0.25, 0.3) is 0 Å². The van der Waals surface area contributed by atoms with E-state index in [1.807, 2.05) is 0 Å². The molecule has 8 nitrogen and oxygen atoms in total. The van der Waals surface area contributed by atoms with Gasteiger partial charge in [0.2, 0.25) is 11.8 Å². The van der Waals surface area contributed by atoms with E-state index in [1.54, 1.807) is 67.6 Å². The number of sulfonamides is 1. The first-order valence-corrected chi connectivity index (χ1v) is 14.7. The van der Waals surface area contributed by atoms with E-state index in [0.717, 1.165) is 30.0 Å². The first kappa shape index (κ1) is 29.1. The van der Waals surface area contributed by atoms with Crippen molar-refractivity contribution in [2.24, 2.45) is 0 Å². The van der Waals surface area contributed by atoms with Crippen LogP contribution in [0.15, 0.2) is 83.8 Å². The van der Waals surface area contributed by atoms with Gasteiger partial charge in [-0.15, -0.1) is 0 Å². The number of ether oxygens (including phenoxy) is 1. The Morgan fingerprint density at radius 2 is 1.60 bits per heavy atom. The second-order valence-electron chi connectivity index (χ2n) is 9.80. The molecule has 3 aromatic rings. The number of hydrogen-bond acceptors (Lipinski definition) is 5. The maximum Gasteiger partial charge on any atom is 0.264 e. The van der Waals surface area contributed by atoms with E-state index in [-0.39, 0.29) is 34.6 Å². The van der Waals surface area contributed by atoms with Gasteiger partial charge in [-0.25, -0.2) is 12.8 Å². The van der Waals surface area contributed by atoms with Crippen LogP contribution in [0.3, 0.4) is 0 Å². The van der Waals surface area contributed by atoms with Gasteiger partial charge in [0.05, 0.1) is 17.7 Å². The van der Waals surface area contributed by atoms with Crippen LogP contribution in [0.2, 0.25) is 0 Å². The second-order valence-corrected chi connectivity index (χ2v) is 11.7. The van der Waals surface area contributed by atoms with Crippen LogP contribution in [0.5, 0.6) is 5.75 Å². The number of anilines is 1. The van der Waals surface area contributed by atoms with Gasteiger partial charge in [-0.05, 0) is 62.2 Å². The van der Waals surface area contributed by atoms with Crippen LogP contribution in [-0.4, -0.2) is 50.9 Å². The van der Waals surface area contributed by atoms with Crippen LogP contribution in [-0.2, 0) is 26.2 Å². The molecular weight excluding hydrogens is 533 g/mol. The number of hydrogen-bond donors (Lipinski definition) is 1. The van der Waals surface area contributed by atoms with Crippen LogP contribution in [0.1, 0.15) is 38.2 Å². The third-order valence-electron chi connectivity index (χ3n) is 7.14. The van der Waals surface area contributed by atoms with Crippen LogP contribution < -0.4 is 14.4 Å². The summed E-state index contributed by atoms with van der Waals surface area (Å²) in [6.45, 7) is 0.776. The number of amides is 2. The van der Waals surface area contributed by atoms with E-state index in [9.17, 15) is 22.4 Å². The molecule has 1 fully saturated rings. The molecule has 1 aliphatic rings. The lowest BCUT2D eigenvalue weighted by Gasteiger charge is -2.32. The highest BCUT2D eigenvalue weighted by molar-refractivity contribution is 7.92. The third-order valence-corrected chi connectivity index (χ3v) is 8.93. The van der Waals surface area contributed by atoms with E-state index in [1.165, 1.54) is 30.2 Å². The minimum atomic E-state index is -4.18. The molecule has 212 valence electrons. The summed E-state index contributed by atoms with van der Waals surface area (Å²) < 4.78 is 48.4. The summed E-state index contributed by atoms with van der Waals surface area (Å²) in [5, 5.41) is 3.00. The van der Waals surface area contributed by atoms with E-state index in [0.29, 0.717) is 5.75 Å². The van der Waals surface area contributed by atoms with Crippen molar-refractivity contribution in [1.29, 1.82) is 0 Å². The van der Waals surface area contributed by atoms with Gasteiger partial charge in [-0.3, -0.25) is 13.9 Å². The first-order chi connectivity index (χ1) is 19.2. The molecule has 1 saturated carbocycles. The lowest BCUT2D eigenvalue weighted by atomic mass is 10.1. The summed E-state index contributed by atoms with van der Waals surface area (Å²) in [7, 11) is -2.68. The number of methoxy groups -OCH3 is 1. The van der Waals surface area contributed by atoms with Crippen molar-refractivity contribution in [3.05, 3.63) is 90.2 Å². The van der Waals surface area contributed by atoms with Crippen molar-refractivity contribution in [1.82, 2.24) is 10.2 Å². The summed E-state index contributed by atoms with van der Waals surface area (Å²) in [4.78, 5) is 28.4. The summed E-state index contributed by atoms with van der Waals surface area (Å²) in [6, 6.07) is 19.1. The molecule has 0 saturated heterocycles. The minimum Gasteiger partial charge on any atom is -0.497 e. The number of carbonyl (C=O) groups excluding carboxylic acids is 2. The van der Waals surface area contributed by atoms with Crippen molar-refractivity contribution in [3.63, 3.8) is 0 Å². The minimum absolute atomic E-state index is 0.00583. The smallest absolute Gasteiger partial charge is 0.264 e. The molecule has 10 heteroatoms. The van der Waals surface area contributed by atoms with Crippen molar-refractivity contribution < 1.29 is 27.1 Å². The maximum absolute atomic E-state index is 14.7. The Balaban J connectivity index is 1.68. The fourth-order valence-corrected chi connectivity index (χ4v) is 6.22. The van der Waals surface area contributed by atoms with Gasteiger partial charge in [0.15, 0.2) is 0 Å². The number of carbonyl (C=O) groups is 2. The summed E-state index contributed by atoms with van der Waals surface area (Å²) in [5.74, 6) is -1.01. The fraction of sp³-hybridized carbons (Fsp3) is 0.333.